The van der Waals surface area contributed by atoms with Crippen LogP contribution in [0.4, 0.5) is 0 Å². The maximum Gasteiger partial charge on any atom is 0.244 e. The molecule has 0 unspecified atom stereocenters. The molecule has 0 aliphatic heterocycles. The van der Waals surface area contributed by atoms with Gasteiger partial charge in [-0.15, -0.1) is 0 Å². The third-order valence-electron chi connectivity index (χ3n) is 2.87. The van der Waals surface area contributed by atoms with Crippen molar-refractivity contribution in [2.45, 2.75) is 51.5 Å². The predicted molar refractivity (Wildman–Crippen MR) is 58.4 cm³/mol. The van der Waals surface area contributed by atoms with Gasteiger partial charge in [0.2, 0.25) is 5.91 Å². The van der Waals surface area contributed by atoms with E-state index in [1.165, 1.54) is 19.8 Å². The van der Waals surface area contributed by atoms with Gasteiger partial charge < -0.3 is 15.2 Å². The van der Waals surface area contributed by atoms with Gasteiger partial charge in [0.1, 0.15) is 0 Å². The molecular weight excluding hydrogens is 206 g/mol. The van der Waals surface area contributed by atoms with Gasteiger partial charge in [0.25, 0.3) is 0 Å². The number of hydrogen-bond acceptors (Lipinski definition) is 3. The Morgan fingerprint density at radius 1 is 1.19 bits per heavy atom. The highest BCUT2D eigenvalue weighted by Gasteiger charge is 2.13. The Hall–Kier alpha value is -1.32. The summed E-state index contributed by atoms with van der Waals surface area (Å²) in [4.78, 5) is 21.9. The van der Waals surface area contributed by atoms with Crippen molar-refractivity contribution in [3.63, 3.8) is 0 Å². The van der Waals surface area contributed by atoms with E-state index in [9.17, 15) is 14.7 Å². The summed E-state index contributed by atoms with van der Waals surface area (Å²) < 4.78 is 0. The average molecular weight is 224 g/mol. The van der Waals surface area contributed by atoms with E-state index in [0.29, 0.717) is 0 Å². The lowest BCUT2D eigenvalue weighted by Gasteiger charge is -2.15. The van der Waals surface area contributed by atoms with Crippen LogP contribution in [0.3, 0.4) is 0 Å². The zero-order valence-electron chi connectivity index (χ0n) is 9.62. The number of hydrogen-bond donors (Lipinski definition) is 1. The summed E-state index contributed by atoms with van der Waals surface area (Å²) in [5.41, 5.74) is -0.0360. The van der Waals surface area contributed by atoms with Crippen LogP contribution in [-0.2, 0) is 9.59 Å². The van der Waals surface area contributed by atoms with Crippen LogP contribution in [0.25, 0.3) is 0 Å². The molecule has 1 amide bonds. The summed E-state index contributed by atoms with van der Waals surface area (Å²) >= 11 is 0. The zero-order chi connectivity index (χ0) is 12.0. The van der Waals surface area contributed by atoms with E-state index in [1.54, 1.807) is 0 Å². The lowest BCUT2D eigenvalue weighted by atomic mass is 10.1. The fourth-order valence-electron chi connectivity index (χ4n) is 1.92. The predicted octanol–water partition coefficient (Wildman–Crippen LogP) is 0.522. The van der Waals surface area contributed by atoms with Gasteiger partial charge in [-0.3, -0.25) is 4.79 Å². The van der Waals surface area contributed by atoms with E-state index >= 15 is 0 Å². The minimum absolute atomic E-state index is 0.0360. The molecule has 4 nitrogen and oxygen atoms in total. The molecule has 0 saturated heterocycles. The van der Waals surface area contributed by atoms with E-state index in [-0.39, 0.29) is 17.5 Å². The molecule has 0 spiro atoms. The molecule has 0 atom stereocenters. The summed E-state index contributed by atoms with van der Waals surface area (Å²) in [6.45, 7) is 1.36. The van der Waals surface area contributed by atoms with Gasteiger partial charge in [-0.1, -0.05) is 25.7 Å². The Bertz CT molecular complexity index is 289. The van der Waals surface area contributed by atoms with Crippen molar-refractivity contribution in [1.29, 1.82) is 0 Å². The molecule has 0 aromatic heterocycles. The highest BCUT2D eigenvalue weighted by atomic mass is 16.4. The van der Waals surface area contributed by atoms with E-state index in [0.717, 1.165) is 31.8 Å². The maximum absolute atomic E-state index is 11.5. The van der Waals surface area contributed by atoms with Crippen molar-refractivity contribution in [3.05, 3.63) is 11.6 Å². The van der Waals surface area contributed by atoms with E-state index in [2.05, 4.69) is 5.32 Å². The largest absolute Gasteiger partial charge is 0.545 e. The van der Waals surface area contributed by atoms with Crippen LogP contribution in [0.2, 0.25) is 0 Å². The number of amides is 1. The van der Waals surface area contributed by atoms with Crippen molar-refractivity contribution in [3.8, 4) is 0 Å². The normalized spacial score (nSPS) is 18.9. The standard InChI is InChI=1S/C12H19NO3/c1-9(12(15)16)8-11(14)13-10-6-4-2-3-5-7-10/h8,10H,2-7H2,1H3,(H,13,14)(H,15,16)/p-1. The van der Waals surface area contributed by atoms with Crippen molar-refractivity contribution < 1.29 is 14.7 Å². The van der Waals surface area contributed by atoms with Gasteiger partial charge in [-0.25, -0.2) is 0 Å². The molecule has 1 aliphatic carbocycles. The average Bonchev–Trinajstić information content (AvgIpc) is 2.45. The highest BCUT2D eigenvalue weighted by molar-refractivity contribution is 5.96. The molecule has 1 aliphatic rings. The maximum atomic E-state index is 11.5. The van der Waals surface area contributed by atoms with Crippen molar-refractivity contribution >= 4 is 11.9 Å². The third-order valence-corrected chi connectivity index (χ3v) is 2.87. The van der Waals surface area contributed by atoms with Gasteiger partial charge in [-0.05, 0) is 25.3 Å². The fourth-order valence-corrected chi connectivity index (χ4v) is 1.92. The molecule has 1 fully saturated rings. The van der Waals surface area contributed by atoms with E-state index in [1.807, 2.05) is 0 Å². The summed E-state index contributed by atoms with van der Waals surface area (Å²) in [5.74, 6) is -1.62. The first-order valence-electron chi connectivity index (χ1n) is 5.79. The first-order chi connectivity index (χ1) is 7.59. The van der Waals surface area contributed by atoms with E-state index < -0.39 is 5.97 Å². The fraction of sp³-hybridized carbons (Fsp3) is 0.667. The van der Waals surface area contributed by atoms with Crippen molar-refractivity contribution in [2.75, 3.05) is 0 Å². The van der Waals surface area contributed by atoms with E-state index in [4.69, 9.17) is 0 Å². The van der Waals surface area contributed by atoms with Crippen LogP contribution in [0.5, 0.6) is 0 Å². The molecule has 0 aromatic rings. The third kappa shape index (κ3) is 4.47. The highest BCUT2D eigenvalue weighted by Crippen LogP contribution is 2.17. The number of rotatable bonds is 3. The first kappa shape index (κ1) is 12.7. The second kappa shape index (κ2) is 6.30. The Morgan fingerprint density at radius 2 is 1.75 bits per heavy atom. The molecule has 1 rings (SSSR count). The molecule has 0 aromatic carbocycles. The lowest BCUT2D eigenvalue weighted by Crippen LogP contribution is -2.34. The van der Waals surface area contributed by atoms with Gasteiger partial charge in [0, 0.05) is 12.1 Å². The number of carboxylic acid groups (broad SMARTS) is 1. The Morgan fingerprint density at radius 3 is 2.25 bits per heavy atom. The Kier molecular flexibility index (Phi) is 5.02. The Labute approximate surface area is 95.7 Å². The van der Waals surface area contributed by atoms with Gasteiger partial charge in [0.05, 0.1) is 5.97 Å². The van der Waals surface area contributed by atoms with Crippen LogP contribution >= 0.6 is 0 Å². The van der Waals surface area contributed by atoms with Gasteiger partial charge >= 0.3 is 0 Å². The van der Waals surface area contributed by atoms with Gasteiger partial charge in [0.15, 0.2) is 0 Å². The molecular formula is C12H18NO3-. The SMILES string of the molecule is CC(=CC(=O)NC1CCCCCC1)C(=O)[O-]. The van der Waals surface area contributed by atoms with Crippen molar-refractivity contribution in [2.24, 2.45) is 0 Å². The second-order valence-electron chi connectivity index (χ2n) is 4.31. The number of carbonyl (C=O) groups excluding carboxylic acids is 2. The Balaban J connectivity index is 2.43. The molecule has 1 saturated carbocycles. The summed E-state index contributed by atoms with van der Waals surface area (Å²) in [6.07, 6.45) is 7.79. The molecule has 0 radical (unpaired) electrons. The van der Waals surface area contributed by atoms with Crippen LogP contribution in [0.15, 0.2) is 11.6 Å². The lowest BCUT2D eigenvalue weighted by molar-refractivity contribution is -0.299. The zero-order valence-corrected chi connectivity index (χ0v) is 9.62. The van der Waals surface area contributed by atoms with Crippen LogP contribution in [0, 0.1) is 0 Å². The number of carbonyl (C=O) groups is 2. The molecule has 0 bridgehead atoms. The van der Waals surface area contributed by atoms with Crippen LogP contribution in [0.1, 0.15) is 45.4 Å². The number of carboxylic acids is 1. The smallest absolute Gasteiger partial charge is 0.244 e. The minimum atomic E-state index is -1.30. The number of nitrogens with one attached hydrogen (secondary N) is 1. The molecule has 16 heavy (non-hydrogen) atoms. The van der Waals surface area contributed by atoms with Gasteiger partial charge in [-0.2, -0.15) is 0 Å². The molecule has 4 heteroatoms. The number of aliphatic carboxylic acids is 1. The minimum Gasteiger partial charge on any atom is -0.545 e. The topological polar surface area (TPSA) is 69.2 Å². The molecule has 1 N–H and O–H groups in total. The van der Waals surface area contributed by atoms with Crippen LogP contribution in [-0.4, -0.2) is 17.9 Å². The summed E-state index contributed by atoms with van der Waals surface area (Å²) in [7, 11) is 0. The second-order valence-corrected chi connectivity index (χ2v) is 4.31. The molecule has 90 valence electrons. The van der Waals surface area contributed by atoms with Crippen LogP contribution < -0.4 is 10.4 Å². The summed E-state index contributed by atoms with van der Waals surface area (Å²) in [5, 5.41) is 13.3. The monoisotopic (exact) mass is 224 g/mol. The first-order valence-corrected chi connectivity index (χ1v) is 5.79. The van der Waals surface area contributed by atoms with Crippen molar-refractivity contribution in [1.82, 2.24) is 5.32 Å². The quantitative estimate of drug-likeness (QED) is 0.561. The summed E-state index contributed by atoms with van der Waals surface area (Å²) in [6, 6.07) is 0.195. The molecule has 0 heterocycles.